The molecule has 1 N–H and O–H groups in total. The van der Waals surface area contributed by atoms with Gasteiger partial charge in [-0.2, -0.15) is 13.2 Å². The first-order chi connectivity index (χ1) is 14.2. The molecule has 164 valence electrons. The van der Waals surface area contributed by atoms with E-state index in [1.807, 2.05) is 18.2 Å². The number of likely N-dealkylation sites (tertiary alicyclic amines) is 1. The van der Waals surface area contributed by atoms with Crippen LogP contribution in [-0.4, -0.2) is 61.0 Å². The fourth-order valence-electron chi connectivity index (χ4n) is 4.05. The number of nitrogens with zero attached hydrogens (tertiary/aromatic N) is 1. The van der Waals surface area contributed by atoms with Gasteiger partial charge in [0.2, 0.25) is 11.7 Å². The second-order valence-electron chi connectivity index (χ2n) is 7.80. The van der Waals surface area contributed by atoms with E-state index >= 15 is 0 Å². The van der Waals surface area contributed by atoms with E-state index in [0.29, 0.717) is 5.92 Å². The summed E-state index contributed by atoms with van der Waals surface area (Å²) in [4.78, 5) is 37.8. The van der Waals surface area contributed by atoms with E-state index in [4.69, 9.17) is 0 Å². The Balaban J connectivity index is 1.44. The third-order valence-electron chi connectivity index (χ3n) is 5.65. The number of hydrogen-bond acceptors (Lipinski definition) is 4. The number of benzene rings is 1. The summed E-state index contributed by atoms with van der Waals surface area (Å²) in [5.41, 5.74) is 1.28. The molecule has 9 heteroatoms. The summed E-state index contributed by atoms with van der Waals surface area (Å²) >= 11 is 0. The average Bonchev–Trinajstić information content (AvgIpc) is 3.00. The third kappa shape index (κ3) is 5.81. The summed E-state index contributed by atoms with van der Waals surface area (Å²) in [5.74, 6) is -2.83. The Labute approximate surface area is 172 Å². The van der Waals surface area contributed by atoms with Crippen LogP contribution in [0.3, 0.4) is 0 Å². The average molecular weight is 426 g/mol. The zero-order chi connectivity index (χ0) is 21.7. The van der Waals surface area contributed by atoms with Crippen molar-refractivity contribution in [3.63, 3.8) is 0 Å². The van der Waals surface area contributed by atoms with Gasteiger partial charge in [-0.3, -0.25) is 14.4 Å². The fourth-order valence-corrected chi connectivity index (χ4v) is 4.05. The molecule has 2 amide bonds. The fraction of sp³-hybridized carbons (Fsp3) is 0.571. The van der Waals surface area contributed by atoms with E-state index in [1.54, 1.807) is 0 Å². The molecule has 0 radical (unpaired) electrons. The first-order valence-electron chi connectivity index (χ1n) is 10.1. The molecule has 1 heterocycles. The topological polar surface area (TPSA) is 75.7 Å². The van der Waals surface area contributed by atoms with Gasteiger partial charge in [-0.1, -0.05) is 30.3 Å². The largest absolute Gasteiger partial charge is 0.411 e. The Morgan fingerprint density at radius 3 is 2.40 bits per heavy atom. The van der Waals surface area contributed by atoms with Crippen molar-refractivity contribution in [2.24, 2.45) is 5.92 Å². The highest BCUT2D eigenvalue weighted by Gasteiger charge is 2.43. The molecule has 2 aliphatic rings. The van der Waals surface area contributed by atoms with Gasteiger partial charge in [0.25, 0.3) is 5.91 Å². The standard InChI is InChI=1S/C21H25F3N2O4/c22-21(23,24)13-30-11-10-26-12-17(18(27)20(26)29)19(28)25-16-8-6-15(7-9-16)14-4-2-1-3-5-14/h1-5,15-17H,6-13H2,(H,25,28). The zero-order valence-corrected chi connectivity index (χ0v) is 16.5. The second-order valence-corrected chi connectivity index (χ2v) is 7.80. The van der Waals surface area contributed by atoms with E-state index in [-0.39, 0.29) is 25.7 Å². The highest BCUT2D eigenvalue weighted by molar-refractivity contribution is 6.42. The Bertz CT molecular complexity index is 761. The lowest BCUT2D eigenvalue weighted by Gasteiger charge is -2.30. The number of carbonyl (C=O) groups is 3. The van der Waals surface area contributed by atoms with Crippen LogP contribution in [0.5, 0.6) is 0 Å². The summed E-state index contributed by atoms with van der Waals surface area (Å²) in [6.07, 6.45) is -1.03. The maximum absolute atomic E-state index is 12.5. The number of hydrogen-bond donors (Lipinski definition) is 1. The Hall–Kier alpha value is -2.42. The van der Waals surface area contributed by atoms with Crippen molar-refractivity contribution in [3.8, 4) is 0 Å². The van der Waals surface area contributed by atoms with Crippen molar-refractivity contribution >= 4 is 17.6 Å². The van der Waals surface area contributed by atoms with Gasteiger partial charge in [0.15, 0.2) is 0 Å². The molecule has 0 spiro atoms. The van der Waals surface area contributed by atoms with Crippen LogP contribution in [0.15, 0.2) is 30.3 Å². The number of halogens is 3. The highest BCUT2D eigenvalue weighted by Crippen LogP contribution is 2.33. The Morgan fingerprint density at radius 2 is 1.77 bits per heavy atom. The normalized spacial score (nSPS) is 24.9. The van der Waals surface area contributed by atoms with Crippen LogP contribution >= 0.6 is 0 Å². The minimum Gasteiger partial charge on any atom is -0.370 e. The summed E-state index contributed by atoms with van der Waals surface area (Å²) < 4.78 is 40.8. The second kappa shape index (κ2) is 9.59. The molecule has 1 aliphatic carbocycles. The van der Waals surface area contributed by atoms with Gasteiger partial charge in [0, 0.05) is 19.1 Å². The van der Waals surface area contributed by atoms with Gasteiger partial charge in [0.1, 0.15) is 12.5 Å². The molecule has 1 unspecified atom stereocenters. The van der Waals surface area contributed by atoms with Crippen LogP contribution in [0.2, 0.25) is 0 Å². The minimum atomic E-state index is -4.45. The molecule has 1 aromatic carbocycles. The molecule has 3 rings (SSSR count). The number of ether oxygens (including phenoxy) is 1. The van der Waals surface area contributed by atoms with Crippen LogP contribution in [-0.2, 0) is 19.1 Å². The van der Waals surface area contributed by atoms with Gasteiger partial charge >= 0.3 is 6.18 Å². The monoisotopic (exact) mass is 426 g/mol. The molecule has 1 saturated heterocycles. The smallest absolute Gasteiger partial charge is 0.370 e. The number of alkyl halides is 3. The van der Waals surface area contributed by atoms with Crippen LogP contribution < -0.4 is 5.32 Å². The van der Waals surface area contributed by atoms with Crippen LogP contribution in [0.25, 0.3) is 0 Å². The van der Waals surface area contributed by atoms with E-state index in [2.05, 4.69) is 22.2 Å². The van der Waals surface area contributed by atoms with Gasteiger partial charge in [0.05, 0.1) is 6.61 Å². The lowest BCUT2D eigenvalue weighted by Crippen LogP contribution is -2.43. The summed E-state index contributed by atoms with van der Waals surface area (Å²) in [6, 6.07) is 10.1. The van der Waals surface area contributed by atoms with Gasteiger partial charge in [-0.15, -0.1) is 0 Å². The predicted octanol–water partition coefficient (Wildman–Crippen LogP) is 2.44. The molecule has 1 atom stereocenters. The molecule has 1 saturated carbocycles. The van der Waals surface area contributed by atoms with Crippen LogP contribution in [0.4, 0.5) is 13.2 Å². The molecule has 0 bridgehead atoms. The van der Waals surface area contributed by atoms with Crippen molar-refractivity contribution in [2.45, 2.75) is 43.8 Å². The molecular weight excluding hydrogens is 401 g/mol. The lowest BCUT2D eigenvalue weighted by molar-refractivity contribution is -0.174. The first kappa shape index (κ1) is 22.3. The minimum absolute atomic E-state index is 0.0514. The number of nitrogens with one attached hydrogen (secondary N) is 1. The molecule has 6 nitrogen and oxygen atoms in total. The van der Waals surface area contributed by atoms with E-state index in [9.17, 15) is 27.6 Å². The predicted molar refractivity (Wildman–Crippen MR) is 102 cm³/mol. The van der Waals surface area contributed by atoms with Crippen molar-refractivity contribution in [1.29, 1.82) is 0 Å². The van der Waals surface area contributed by atoms with Crippen LogP contribution in [0.1, 0.15) is 37.2 Å². The highest BCUT2D eigenvalue weighted by atomic mass is 19.4. The SMILES string of the molecule is O=C(NC1CCC(c2ccccc2)CC1)C1CN(CCOCC(F)(F)F)C(=O)C1=O. The van der Waals surface area contributed by atoms with Crippen molar-refractivity contribution in [2.75, 3.05) is 26.3 Å². The number of amides is 2. The van der Waals surface area contributed by atoms with Crippen molar-refractivity contribution in [1.82, 2.24) is 10.2 Å². The van der Waals surface area contributed by atoms with Gasteiger partial charge in [-0.05, 0) is 37.2 Å². The van der Waals surface area contributed by atoms with E-state index < -0.39 is 36.3 Å². The van der Waals surface area contributed by atoms with Crippen molar-refractivity contribution in [3.05, 3.63) is 35.9 Å². The van der Waals surface area contributed by atoms with Gasteiger partial charge < -0.3 is 15.0 Å². The molecule has 0 aromatic heterocycles. The molecule has 1 aromatic rings. The summed E-state index contributed by atoms with van der Waals surface area (Å²) in [6.45, 7) is -2.06. The first-order valence-corrected chi connectivity index (χ1v) is 10.1. The Kier molecular flexibility index (Phi) is 7.12. The van der Waals surface area contributed by atoms with Gasteiger partial charge in [-0.25, -0.2) is 0 Å². The number of Topliss-reactive ketones (excluding diaryl/α,β-unsaturated/α-hetero) is 1. The van der Waals surface area contributed by atoms with Crippen molar-refractivity contribution < 1.29 is 32.3 Å². The number of ketones is 1. The van der Waals surface area contributed by atoms with E-state index in [1.165, 1.54) is 5.56 Å². The maximum atomic E-state index is 12.5. The summed E-state index contributed by atoms with van der Waals surface area (Å²) in [5, 5.41) is 2.87. The number of rotatable bonds is 7. The van der Waals surface area contributed by atoms with E-state index in [0.717, 1.165) is 30.6 Å². The Morgan fingerprint density at radius 1 is 1.10 bits per heavy atom. The number of carbonyl (C=O) groups excluding carboxylic acids is 3. The third-order valence-corrected chi connectivity index (χ3v) is 5.65. The molecule has 30 heavy (non-hydrogen) atoms. The van der Waals surface area contributed by atoms with Crippen LogP contribution in [0, 0.1) is 5.92 Å². The maximum Gasteiger partial charge on any atom is 0.411 e. The zero-order valence-electron chi connectivity index (χ0n) is 16.5. The summed E-state index contributed by atoms with van der Waals surface area (Å²) in [7, 11) is 0. The quantitative estimate of drug-likeness (QED) is 0.413. The molecule has 1 aliphatic heterocycles. The lowest BCUT2D eigenvalue weighted by atomic mass is 9.81. The molecular formula is C21H25F3N2O4. The molecule has 2 fully saturated rings.